The molecule has 7 nitrogen and oxygen atoms in total. The summed E-state index contributed by atoms with van der Waals surface area (Å²) < 4.78 is 13.2. The van der Waals surface area contributed by atoms with Crippen LogP contribution in [0.15, 0.2) is 54.7 Å². The summed E-state index contributed by atoms with van der Waals surface area (Å²) >= 11 is -1.43. The Hall–Kier alpha value is -1.49. The predicted molar refractivity (Wildman–Crippen MR) is 42.1 cm³/mol. The molecule has 1 rings (SSSR count). The fourth-order valence-corrected chi connectivity index (χ4v) is 0.828. The molecule has 0 heterocycles. The van der Waals surface area contributed by atoms with Gasteiger partial charge in [-0.3, -0.25) is 0 Å². The van der Waals surface area contributed by atoms with Crippen molar-refractivity contribution in [1.82, 2.24) is 5.53 Å². The van der Waals surface area contributed by atoms with Gasteiger partial charge >= 0.3 is 87.7 Å². The van der Waals surface area contributed by atoms with Crippen molar-refractivity contribution >= 4 is 5.69 Å². The van der Waals surface area contributed by atoms with E-state index in [9.17, 15) is 3.40 Å². The summed E-state index contributed by atoms with van der Waals surface area (Å²) in [6.07, 6.45) is 0. The van der Waals surface area contributed by atoms with E-state index in [0.717, 1.165) is 0 Å². The number of nitrogens with one attached hydrogen (secondary N) is 1. The molecule has 14 heavy (non-hydrogen) atoms. The average molecular weight is 373 g/mol. The van der Waals surface area contributed by atoms with Gasteiger partial charge in [-0.1, -0.05) is 0 Å². The Morgan fingerprint density at radius 1 is 1.14 bits per heavy atom. The first-order valence-corrected chi connectivity index (χ1v) is 5.40. The van der Waals surface area contributed by atoms with Gasteiger partial charge in [-0.05, 0) is 0 Å². The van der Waals surface area contributed by atoms with E-state index in [1.165, 1.54) is 0 Å². The van der Waals surface area contributed by atoms with Crippen LogP contribution in [0.2, 0.25) is 0 Å². The monoisotopic (exact) mass is 373 g/mol. The Morgan fingerprint density at radius 2 is 1.93 bits per heavy atom. The standard InChI is InChI=1S/C6H6N6.O.Pt/c7-9-11-12-10-8-6-4-2-1-3-5-6;;/h1-5H,(H,8,9,12);;. The van der Waals surface area contributed by atoms with Crippen molar-refractivity contribution in [3.05, 3.63) is 30.3 Å². The van der Waals surface area contributed by atoms with E-state index >= 15 is 0 Å². The van der Waals surface area contributed by atoms with E-state index in [1.54, 1.807) is 12.1 Å². The first-order chi connectivity index (χ1) is 6.93. The number of hydrogen-bond acceptors (Lipinski definition) is 4. The quantitative estimate of drug-likeness (QED) is 0.647. The van der Waals surface area contributed by atoms with E-state index in [2.05, 4.69) is 29.9 Å². The van der Waals surface area contributed by atoms with Crippen molar-refractivity contribution in [2.45, 2.75) is 0 Å². The van der Waals surface area contributed by atoms with Gasteiger partial charge in [-0.25, -0.2) is 0 Å². The van der Waals surface area contributed by atoms with Crippen molar-refractivity contribution in [3.8, 4) is 0 Å². The van der Waals surface area contributed by atoms with Crippen LogP contribution in [0.5, 0.6) is 0 Å². The molecule has 0 saturated heterocycles. The molecular formula is C6H6N6OPt. The molecule has 0 aliphatic heterocycles. The average Bonchev–Trinajstić information content (AvgIpc) is 2.25. The van der Waals surface area contributed by atoms with Crippen LogP contribution in [0.3, 0.4) is 0 Å². The molecule has 0 amide bonds. The van der Waals surface area contributed by atoms with E-state index in [4.69, 9.17) is 0 Å². The molecule has 0 spiro atoms. The molecular weight excluding hydrogens is 367 g/mol. The second-order valence-corrected chi connectivity index (χ2v) is 2.87. The van der Waals surface area contributed by atoms with Crippen molar-refractivity contribution in [3.63, 3.8) is 0 Å². The van der Waals surface area contributed by atoms with Crippen LogP contribution in [-0.4, -0.2) is 0 Å². The zero-order chi connectivity index (χ0) is 10.1. The number of nitrogens with zero attached hydrogens (tertiary/aromatic N) is 5. The second kappa shape index (κ2) is 6.96. The van der Waals surface area contributed by atoms with Crippen LogP contribution in [0.1, 0.15) is 0 Å². The van der Waals surface area contributed by atoms with Gasteiger partial charge in [0.1, 0.15) is 0 Å². The Balaban J connectivity index is 2.41. The van der Waals surface area contributed by atoms with Crippen LogP contribution in [0.4, 0.5) is 5.69 Å². The summed E-state index contributed by atoms with van der Waals surface area (Å²) in [6.45, 7) is 0. The third-order valence-electron chi connectivity index (χ3n) is 1.11. The summed E-state index contributed by atoms with van der Waals surface area (Å²) in [4.78, 5) is 0. The van der Waals surface area contributed by atoms with E-state index < -0.39 is 18.3 Å². The van der Waals surface area contributed by atoms with E-state index in [1.807, 2.05) is 18.2 Å². The maximum atomic E-state index is 9.91. The maximum absolute atomic E-state index is 9.91. The van der Waals surface area contributed by atoms with Gasteiger partial charge in [0.2, 0.25) is 0 Å². The van der Waals surface area contributed by atoms with Crippen molar-refractivity contribution in [2.24, 2.45) is 24.4 Å². The van der Waals surface area contributed by atoms with Crippen LogP contribution in [0, 0.1) is 0 Å². The third kappa shape index (κ3) is 4.51. The summed E-state index contributed by atoms with van der Waals surface area (Å²) in [5.41, 5.74) is 2.77. The van der Waals surface area contributed by atoms with Crippen LogP contribution in [0.25, 0.3) is 0 Å². The number of rotatable bonds is 4. The predicted octanol–water partition coefficient (Wildman–Crippen LogP) is 2.17. The van der Waals surface area contributed by atoms with Gasteiger partial charge in [-0.2, -0.15) is 0 Å². The van der Waals surface area contributed by atoms with Crippen molar-refractivity contribution in [2.75, 3.05) is 0 Å². The molecule has 0 saturated carbocycles. The Bertz CT molecular complexity index is 371. The van der Waals surface area contributed by atoms with Gasteiger partial charge < -0.3 is 0 Å². The molecule has 0 unspecified atom stereocenters. The van der Waals surface area contributed by atoms with Gasteiger partial charge in [0.15, 0.2) is 0 Å². The minimum absolute atomic E-state index is 0.680. The summed E-state index contributed by atoms with van der Waals surface area (Å²) in [5, 5.41) is 13.6. The molecule has 0 aromatic heterocycles. The molecule has 1 aromatic rings. The molecule has 1 N–H and O–H groups in total. The van der Waals surface area contributed by atoms with Crippen molar-refractivity contribution in [1.29, 1.82) is 0 Å². The zero-order valence-corrected chi connectivity index (χ0v) is 9.12. The molecule has 1 aromatic carbocycles. The van der Waals surface area contributed by atoms with Gasteiger partial charge in [0, 0.05) is 0 Å². The van der Waals surface area contributed by atoms with Gasteiger partial charge in [0.25, 0.3) is 0 Å². The first-order valence-electron chi connectivity index (χ1n) is 3.45. The first kappa shape index (κ1) is 10.6. The van der Waals surface area contributed by atoms with E-state index in [0.29, 0.717) is 5.69 Å². The summed E-state index contributed by atoms with van der Waals surface area (Å²) in [7, 11) is 0. The minimum atomic E-state index is -1.43. The summed E-state index contributed by atoms with van der Waals surface area (Å²) in [5.74, 6) is 0. The van der Waals surface area contributed by atoms with Crippen LogP contribution < -0.4 is 5.53 Å². The van der Waals surface area contributed by atoms with Gasteiger partial charge in [-0.15, -0.1) is 0 Å². The Kier molecular flexibility index (Phi) is 5.27. The topological polar surface area (TPSA) is 90.9 Å². The molecule has 76 valence electrons. The fourth-order valence-electron chi connectivity index (χ4n) is 0.633. The number of hydrogen-bond donors (Lipinski definition) is 1. The van der Waals surface area contributed by atoms with Gasteiger partial charge in [0.05, 0.1) is 0 Å². The van der Waals surface area contributed by atoms with E-state index in [-0.39, 0.29) is 0 Å². The SMILES string of the molecule is [O]=[Pt]=[N]N/N=N/N=Nc1ccccc1. The molecule has 0 aliphatic rings. The molecule has 0 bridgehead atoms. The molecule has 0 atom stereocenters. The zero-order valence-electron chi connectivity index (χ0n) is 6.85. The molecule has 0 fully saturated rings. The molecule has 0 radical (unpaired) electrons. The normalized spacial score (nSPS) is 11.1. The molecule has 0 aliphatic carbocycles. The van der Waals surface area contributed by atoms with Crippen molar-refractivity contribution < 1.29 is 21.7 Å². The fraction of sp³-hybridized carbons (Fsp3) is 0. The Morgan fingerprint density at radius 3 is 2.64 bits per heavy atom. The van der Waals surface area contributed by atoms with Crippen LogP contribution in [-0.2, 0) is 21.7 Å². The van der Waals surface area contributed by atoms with Crippen LogP contribution >= 0.6 is 0 Å². The third-order valence-corrected chi connectivity index (χ3v) is 1.54. The molecule has 8 heteroatoms. The number of benzene rings is 1. The second-order valence-electron chi connectivity index (χ2n) is 1.94. The Labute approximate surface area is 88.0 Å². The summed E-state index contributed by atoms with van der Waals surface area (Å²) in [6, 6.07) is 9.10.